The van der Waals surface area contributed by atoms with Crippen molar-refractivity contribution in [3.8, 4) is 0 Å². The van der Waals surface area contributed by atoms with Gasteiger partial charge in [-0.1, -0.05) is 42.5 Å². The van der Waals surface area contributed by atoms with E-state index in [1.165, 1.54) is 29.2 Å². The molecule has 1 saturated heterocycles. The summed E-state index contributed by atoms with van der Waals surface area (Å²) in [5.41, 5.74) is 0.944. The van der Waals surface area contributed by atoms with Crippen molar-refractivity contribution < 1.29 is 23.3 Å². The molecule has 30 heavy (non-hydrogen) atoms. The van der Waals surface area contributed by atoms with Crippen molar-refractivity contribution >= 4 is 17.5 Å². The molecule has 0 bridgehead atoms. The van der Waals surface area contributed by atoms with Gasteiger partial charge < -0.3 is 4.90 Å². The van der Waals surface area contributed by atoms with Crippen LogP contribution in [-0.4, -0.2) is 33.9 Å². The zero-order chi connectivity index (χ0) is 21.1. The Kier molecular flexibility index (Phi) is 5.52. The summed E-state index contributed by atoms with van der Waals surface area (Å²) in [7, 11) is 0. The number of carbonyl (C=O) groups is 3. The lowest BCUT2D eigenvalue weighted by atomic mass is 9.86. The van der Waals surface area contributed by atoms with Crippen LogP contribution in [0, 0.1) is 11.7 Å². The molecule has 1 aliphatic rings. The third-order valence-electron chi connectivity index (χ3n) is 5.38. The van der Waals surface area contributed by atoms with E-state index in [9.17, 15) is 18.8 Å². The molecular weight excluding hydrogens is 385 g/mol. The normalized spacial score (nSPS) is 18.8. The molecule has 0 spiro atoms. The maximum absolute atomic E-state index is 13.5. The highest BCUT2D eigenvalue weighted by Crippen LogP contribution is 2.38. The molecule has 4 rings (SSSR count). The third kappa shape index (κ3) is 3.78. The molecule has 0 radical (unpaired) electrons. The number of aryl methyl sites for hydroxylation is 1. The number of halogens is 1. The van der Waals surface area contributed by atoms with Crippen LogP contribution in [0.15, 0.2) is 73.3 Å². The molecule has 1 amide bonds. The molecule has 2 atom stereocenters. The zero-order valence-corrected chi connectivity index (χ0v) is 16.2. The van der Waals surface area contributed by atoms with Gasteiger partial charge in [-0.25, -0.2) is 8.96 Å². The van der Waals surface area contributed by atoms with Crippen LogP contribution in [0.4, 0.5) is 4.39 Å². The summed E-state index contributed by atoms with van der Waals surface area (Å²) in [6, 6.07) is 13.3. The first-order chi connectivity index (χ1) is 14.6. The third-order valence-corrected chi connectivity index (χ3v) is 5.38. The second-order valence-corrected chi connectivity index (χ2v) is 7.27. The first kappa shape index (κ1) is 19.7. The van der Waals surface area contributed by atoms with Gasteiger partial charge in [-0.05, 0) is 17.7 Å². The standard InChI is InChI=1S/C23H20FN3O3/c24-18-9-7-16(8-10-18)20-19(21(28)17-5-2-1-3-6-17)22(29)23(30)27(20)13-4-12-26-14-11-25-15-26/h1-3,5-11,14-15,19-20H,4,12-13H2/p+1. The first-order valence-electron chi connectivity index (χ1n) is 9.77. The number of H-pyrrole nitrogens is 1. The van der Waals surface area contributed by atoms with Gasteiger partial charge in [-0.3, -0.25) is 19.4 Å². The number of likely N-dealkylation sites (tertiary alicyclic amines) is 1. The lowest BCUT2D eigenvalue weighted by molar-refractivity contribution is -0.695. The largest absolute Gasteiger partial charge is 0.328 e. The van der Waals surface area contributed by atoms with Crippen LogP contribution >= 0.6 is 0 Å². The minimum absolute atomic E-state index is 0.309. The number of hydrogen-bond acceptors (Lipinski definition) is 3. The van der Waals surface area contributed by atoms with Gasteiger partial charge in [0, 0.05) is 18.5 Å². The SMILES string of the molecule is O=C1C(=O)N(CCC[n+]2cc[nH]c2)C(c2ccc(F)cc2)C1C(=O)c1ccccc1. The Hall–Kier alpha value is -3.61. The number of carbonyl (C=O) groups excluding carboxylic acids is 3. The smallest absolute Gasteiger partial charge is 0.291 e. The van der Waals surface area contributed by atoms with Crippen molar-refractivity contribution in [1.29, 1.82) is 0 Å². The summed E-state index contributed by atoms with van der Waals surface area (Å²) in [6.07, 6.45) is 6.07. The minimum Gasteiger partial charge on any atom is -0.328 e. The van der Waals surface area contributed by atoms with E-state index in [0.717, 1.165) is 0 Å². The second-order valence-electron chi connectivity index (χ2n) is 7.27. The monoisotopic (exact) mass is 406 g/mol. The molecule has 1 aliphatic heterocycles. The lowest BCUT2D eigenvalue weighted by Gasteiger charge is -2.27. The molecule has 7 heteroatoms. The molecule has 152 valence electrons. The summed E-state index contributed by atoms with van der Waals surface area (Å²) < 4.78 is 15.4. The van der Waals surface area contributed by atoms with E-state index >= 15 is 0 Å². The van der Waals surface area contributed by atoms with E-state index in [1.54, 1.807) is 42.9 Å². The van der Waals surface area contributed by atoms with Crippen molar-refractivity contribution in [3.05, 3.63) is 90.3 Å². The van der Waals surface area contributed by atoms with Crippen LogP contribution in [0.1, 0.15) is 28.4 Å². The van der Waals surface area contributed by atoms with Gasteiger partial charge in [-0.15, -0.1) is 0 Å². The number of nitrogens with zero attached hydrogens (tertiary/aromatic N) is 2. The highest BCUT2D eigenvalue weighted by atomic mass is 19.1. The number of imidazole rings is 1. The van der Waals surface area contributed by atoms with Crippen LogP contribution in [0.25, 0.3) is 0 Å². The molecule has 2 aromatic carbocycles. The molecule has 1 aromatic heterocycles. The number of Topliss-reactive ketones (excluding diaryl/α,β-unsaturated/α-hetero) is 2. The van der Waals surface area contributed by atoms with E-state index in [0.29, 0.717) is 30.6 Å². The summed E-state index contributed by atoms with van der Waals surface area (Å²) in [4.78, 5) is 43.3. The van der Waals surface area contributed by atoms with Crippen LogP contribution in [0.2, 0.25) is 0 Å². The van der Waals surface area contributed by atoms with E-state index in [1.807, 2.05) is 10.8 Å². The molecule has 1 fully saturated rings. The van der Waals surface area contributed by atoms with Crippen LogP contribution in [-0.2, 0) is 16.1 Å². The fraction of sp³-hybridized carbons (Fsp3) is 0.217. The second kappa shape index (κ2) is 8.41. The molecule has 2 unspecified atom stereocenters. The average molecular weight is 406 g/mol. The van der Waals surface area contributed by atoms with Crippen LogP contribution in [0.5, 0.6) is 0 Å². The molecule has 6 nitrogen and oxygen atoms in total. The van der Waals surface area contributed by atoms with E-state index in [2.05, 4.69) is 4.98 Å². The Morgan fingerprint density at radius 1 is 1.07 bits per heavy atom. The van der Waals surface area contributed by atoms with Crippen molar-refractivity contribution in [2.45, 2.75) is 19.0 Å². The van der Waals surface area contributed by atoms with Crippen molar-refractivity contribution in [2.75, 3.05) is 6.54 Å². The predicted octanol–water partition coefficient (Wildman–Crippen LogP) is 2.48. The molecule has 0 aliphatic carbocycles. The Labute approximate surface area is 173 Å². The van der Waals surface area contributed by atoms with Gasteiger partial charge in [0.1, 0.15) is 24.1 Å². The van der Waals surface area contributed by atoms with Crippen molar-refractivity contribution in [2.24, 2.45) is 5.92 Å². The summed E-state index contributed by atoms with van der Waals surface area (Å²) in [5, 5.41) is 0. The van der Waals surface area contributed by atoms with E-state index < -0.39 is 35.3 Å². The molecule has 1 N–H and O–H groups in total. The van der Waals surface area contributed by atoms with E-state index in [4.69, 9.17) is 0 Å². The van der Waals surface area contributed by atoms with Gasteiger partial charge in [0.05, 0.1) is 12.6 Å². The molecule has 3 aromatic rings. The number of aromatic amines is 1. The number of benzene rings is 2. The zero-order valence-electron chi connectivity index (χ0n) is 16.2. The fourth-order valence-corrected chi connectivity index (χ4v) is 3.92. The van der Waals surface area contributed by atoms with Crippen LogP contribution < -0.4 is 4.57 Å². The number of aromatic nitrogens is 2. The maximum atomic E-state index is 13.5. The van der Waals surface area contributed by atoms with Crippen molar-refractivity contribution in [3.63, 3.8) is 0 Å². The van der Waals surface area contributed by atoms with Gasteiger partial charge in [0.15, 0.2) is 5.78 Å². The fourth-order valence-electron chi connectivity index (χ4n) is 3.92. The van der Waals surface area contributed by atoms with Crippen LogP contribution in [0.3, 0.4) is 0 Å². The summed E-state index contributed by atoms with van der Waals surface area (Å²) in [5.74, 6) is -3.35. The summed E-state index contributed by atoms with van der Waals surface area (Å²) in [6.45, 7) is 0.957. The first-order valence-corrected chi connectivity index (χ1v) is 9.77. The quantitative estimate of drug-likeness (QED) is 0.284. The number of rotatable bonds is 7. The molecular formula is C23H21FN3O3+. The molecule has 0 saturated carbocycles. The number of ketones is 2. The lowest BCUT2D eigenvalue weighted by Crippen LogP contribution is -2.36. The van der Waals surface area contributed by atoms with Gasteiger partial charge >= 0.3 is 0 Å². The van der Waals surface area contributed by atoms with E-state index in [-0.39, 0.29) is 0 Å². The number of hydrogen-bond donors (Lipinski definition) is 1. The predicted molar refractivity (Wildman–Crippen MR) is 106 cm³/mol. The Bertz CT molecular complexity index is 1050. The van der Waals surface area contributed by atoms with Gasteiger partial charge in [-0.2, -0.15) is 0 Å². The highest BCUT2D eigenvalue weighted by molar-refractivity contribution is 6.44. The number of amides is 1. The molecule has 2 heterocycles. The minimum atomic E-state index is -1.15. The maximum Gasteiger partial charge on any atom is 0.291 e. The van der Waals surface area contributed by atoms with Crippen molar-refractivity contribution in [1.82, 2.24) is 9.88 Å². The Morgan fingerprint density at radius 2 is 1.80 bits per heavy atom. The van der Waals surface area contributed by atoms with Gasteiger partial charge in [0.25, 0.3) is 5.91 Å². The topological polar surface area (TPSA) is 74.1 Å². The Balaban J connectivity index is 1.65. The summed E-state index contributed by atoms with van der Waals surface area (Å²) >= 11 is 0. The number of nitrogens with one attached hydrogen (secondary N) is 1. The average Bonchev–Trinajstić information content (AvgIpc) is 3.37. The highest BCUT2D eigenvalue weighted by Gasteiger charge is 2.51. The van der Waals surface area contributed by atoms with Gasteiger partial charge in [0.2, 0.25) is 12.1 Å². The Morgan fingerprint density at radius 3 is 2.47 bits per heavy atom.